The Hall–Kier alpha value is -2.83. The molecule has 0 atom stereocenters. The molecule has 0 unspecified atom stereocenters. The van der Waals surface area contributed by atoms with Crippen LogP contribution in [-0.4, -0.2) is 19.7 Å². The Balaban J connectivity index is 2.07. The molecule has 0 aliphatic carbocycles. The third-order valence-electron chi connectivity index (χ3n) is 3.00. The lowest BCUT2D eigenvalue weighted by Crippen LogP contribution is -2.18. The van der Waals surface area contributed by atoms with E-state index in [9.17, 15) is 13.6 Å². The first-order valence-electron chi connectivity index (χ1n) is 6.16. The van der Waals surface area contributed by atoms with Gasteiger partial charge in [0.05, 0.1) is 5.69 Å². The fourth-order valence-corrected chi connectivity index (χ4v) is 2.04. The monoisotopic (exact) mass is 288 g/mol. The lowest BCUT2D eigenvalue weighted by Gasteiger charge is -2.07. The number of aromatic nitrogens is 4. The predicted octanol–water partition coefficient (Wildman–Crippen LogP) is 1.82. The summed E-state index contributed by atoms with van der Waals surface area (Å²) < 4.78 is 27.9. The molecule has 1 aromatic carbocycles. The van der Waals surface area contributed by atoms with Crippen LogP contribution >= 0.6 is 0 Å². The molecule has 5 nitrogen and oxygen atoms in total. The summed E-state index contributed by atoms with van der Waals surface area (Å²) in [6.45, 7) is 0. The van der Waals surface area contributed by atoms with Crippen molar-refractivity contribution >= 4 is 0 Å². The van der Waals surface area contributed by atoms with Crippen LogP contribution in [-0.2, 0) is 6.42 Å². The number of H-pyrrole nitrogens is 1. The van der Waals surface area contributed by atoms with Crippen LogP contribution in [0.2, 0.25) is 0 Å². The van der Waals surface area contributed by atoms with Gasteiger partial charge in [0.15, 0.2) is 0 Å². The number of benzene rings is 1. The van der Waals surface area contributed by atoms with E-state index in [1.165, 1.54) is 6.07 Å². The van der Waals surface area contributed by atoms with Crippen molar-refractivity contribution in [1.82, 2.24) is 19.7 Å². The third kappa shape index (κ3) is 2.58. The average molecular weight is 288 g/mol. The van der Waals surface area contributed by atoms with Crippen molar-refractivity contribution in [3.8, 4) is 5.69 Å². The number of hydrogen-bond donors (Lipinski definition) is 1. The Morgan fingerprint density at radius 1 is 1.14 bits per heavy atom. The molecule has 0 spiro atoms. The normalized spacial score (nSPS) is 10.8. The Morgan fingerprint density at radius 3 is 2.62 bits per heavy atom. The molecule has 2 aromatic heterocycles. The van der Waals surface area contributed by atoms with Gasteiger partial charge >= 0.3 is 5.69 Å². The molecule has 2 heterocycles. The van der Waals surface area contributed by atoms with E-state index in [2.05, 4.69) is 15.2 Å². The van der Waals surface area contributed by atoms with Crippen LogP contribution in [0.4, 0.5) is 8.78 Å². The van der Waals surface area contributed by atoms with E-state index in [1.807, 2.05) is 0 Å². The van der Waals surface area contributed by atoms with E-state index in [0.29, 0.717) is 12.2 Å². The van der Waals surface area contributed by atoms with Crippen LogP contribution < -0.4 is 5.69 Å². The number of aromatic amines is 1. The summed E-state index contributed by atoms with van der Waals surface area (Å²) in [6.07, 6.45) is 3.55. The Morgan fingerprint density at radius 2 is 1.90 bits per heavy atom. The Kier molecular flexibility index (Phi) is 3.31. The number of rotatable bonds is 3. The van der Waals surface area contributed by atoms with Crippen molar-refractivity contribution in [1.29, 1.82) is 0 Å². The molecule has 0 bridgehead atoms. The largest absolute Gasteiger partial charge is 0.348 e. The molecular formula is C14H10F2N4O. The van der Waals surface area contributed by atoms with Crippen LogP contribution in [0.1, 0.15) is 11.4 Å². The van der Waals surface area contributed by atoms with Gasteiger partial charge in [0, 0.05) is 24.9 Å². The van der Waals surface area contributed by atoms with Crippen LogP contribution in [0.3, 0.4) is 0 Å². The van der Waals surface area contributed by atoms with Gasteiger partial charge in [-0.1, -0.05) is 0 Å². The molecule has 0 saturated heterocycles. The summed E-state index contributed by atoms with van der Waals surface area (Å²) in [5.41, 5.74) is 0.247. The molecule has 3 rings (SSSR count). The molecule has 0 amide bonds. The van der Waals surface area contributed by atoms with E-state index in [1.54, 1.807) is 24.5 Å². The van der Waals surface area contributed by atoms with E-state index >= 15 is 0 Å². The smallest absolute Gasteiger partial charge is 0.265 e. The van der Waals surface area contributed by atoms with Gasteiger partial charge in [-0.2, -0.15) is 5.10 Å². The molecule has 0 fully saturated rings. The van der Waals surface area contributed by atoms with Crippen molar-refractivity contribution < 1.29 is 8.78 Å². The highest BCUT2D eigenvalue weighted by atomic mass is 19.1. The van der Waals surface area contributed by atoms with E-state index in [4.69, 9.17) is 0 Å². The van der Waals surface area contributed by atoms with Crippen molar-refractivity contribution in [2.75, 3.05) is 0 Å². The zero-order chi connectivity index (χ0) is 14.8. The maximum absolute atomic E-state index is 13.9. The van der Waals surface area contributed by atoms with Gasteiger partial charge < -0.3 is 0 Å². The standard InChI is InChI=1S/C14H10F2N4O/c15-10-1-2-12(11(16)8-10)20-13(18-19-14(20)21)7-9-3-5-17-6-4-9/h1-6,8H,7H2,(H,19,21). The van der Waals surface area contributed by atoms with Crippen molar-refractivity contribution in [3.63, 3.8) is 0 Å². The predicted molar refractivity (Wildman–Crippen MR) is 71.1 cm³/mol. The number of halogens is 2. The Labute approximate surface area is 117 Å². The highest BCUT2D eigenvalue weighted by molar-refractivity contribution is 5.35. The molecule has 0 aliphatic heterocycles. The number of nitrogens with one attached hydrogen (secondary N) is 1. The molecule has 106 valence electrons. The molecule has 0 aliphatic rings. The van der Waals surface area contributed by atoms with Crippen molar-refractivity contribution in [2.45, 2.75) is 6.42 Å². The van der Waals surface area contributed by atoms with Gasteiger partial charge in [-0.3, -0.25) is 4.98 Å². The summed E-state index contributed by atoms with van der Waals surface area (Å²) in [6, 6.07) is 6.56. The topological polar surface area (TPSA) is 63.6 Å². The minimum atomic E-state index is -0.825. The first-order chi connectivity index (χ1) is 10.1. The number of pyridine rings is 1. The highest BCUT2D eigenvalue weighted by Gasteiger charge is 2.15. The van der Waals surface area contributed by atoms with Crippen molar-refractivity contribution in [3.05, 3.63) is 76.2 Å². The molecule has 1 N–H and O–H groups in total. The SMILES string of the molecule is O=c1[nH]nc(Cc2ccncc2)n1-c1ccc(F)cc1F. The second-order valence-corrected chi connectivity index (χ2v) is 4.41. The third-order valence-corrected chi connectivity index (χ3v) is 3.00. The maximum Gasteiger partial charge on any atom is 0.348 e. The second-order valence-electron chi connectivity index (χ2n) is 4.41. The highest BCUT2D eigenvalue weighted by Crippen LogP contribution is 2.15. The molecule has 21 heavy (non-hydrogen) atoms. The van der Waals surface area contributed by atoms with Crippen molar-refractivity contribution in [2.24, 2.45) is 0 Å². The first kappa shape index (κ1) is 13.2. The summed E-state index contributed by atoms with van der Waals surface area (Å²) in [5.74, 6) is -1.20. The van der Waals surface area contributed by atoms with Crippen LogP contribution in [0.5, 0.6) is 0 Å². The summed E-state index contributed by atoms with van der Waals surface area (Å²) in [4.78, 5) is 15.7. The Bertz CT molecular complexity index is 826. The lowest BCUT2D eigenvalue weighted by atomic mass is 10.2. The summed E-state index contributed by atoms with van der Waals surface area (Å²) in [7, 11) is 0. The maximum atomic E-state index is 13.9. The molecule has 3 aromatic rings. The minimum absolute atomic E-state index is 0.0424. The fourth-order valence-electron chi connectivity index (χ4n) is 2.04. The van der Waals surface area contributed by atoms with Gasteiger partial charge in [-0.15, -0.1) is 0 Å². The van der Waals surface area contributed by atoms with Crippen LogP contribution in [0, 0.1) is 11.6 Å². The number of hydrogen-bond acceptors (Lipinski definition) is 3. The number of nitrogens with zero attached hydrogens (tertiary/aromatic N) is 3. The summed E-state index contributed by atoms with van der Waals surface area (Å²) in [5, 5.41) is 6.17. The lowest BCUT2D eigenvalue weighted by molar-refractivity contribution is 0.575. The van der Waals surface area contributed by atoms with Crippen LogP contribution in [0.15, 0.2) is 47.5 Å². The van der Waals surface area contributed by atoms with Gasteiger partial charge in [-0.05, 0) is 29.8 Å². The summed E-state index contributed by atoms with van der Waals surface area (Å²) >= 11 is 0. The van der Waals surface area contributed by atoms with E-state index in [0.717, 1.165) is 22.3 Å². The zero-order valence-corrected chi connectivity index (χ0v) is 10.8. The van der Waals surface area contributed by atoms with Gasteiger partial charge in [-0.25, -0.2) is 23.2 Å². The molecule has 0 radical (unpaired) electrons. The quantitative estimate of drug-likeness (QED) is 0.799. The van der Waals surface area contributed by atoms with Gasteiger partial charge in [0.1, 0.15) is 17.5 Å². The molecule has 7 heteroatoms. The molecule has 0 saturated carbocycles. The van der Waals surface area contributed by atoms with E-state index in [-0.39, 0.29) is 5.69 Å². The van der Waals surface area contributed by atoms with E-state index < -0.39 is 17.3 Å². The van der Waals surface area contributed by atoms with Gasteiger partial charge in [0.2, 0.25) is 0 Å². The fraction of sp³-hybridized carbons (Fsp3) is 0.0714. The first-order valence-corrected chi connectivity index (χ1v) is 6.16. The molecular weight excluding hydrogens is 278 g/mol. The second kappa shape index (κ2) is 5.28. The average Bonchev–Trinajstić information content (AvgIpc) is 2.81. The minimum Gasteiger partial charge on any atom is -0.265 e. The van der Waals surface area contributed by atoms with Crippen LogP contribution in [0.25, 0.3) is 5.69 Å². The van der Waals surface area contributed by atoms with Gasteiger partial charge in [0.25, 0.3) is 0 Å². The zero-order valence-electron chi connectivity index (χ0n) is 10.8.